The molecule has 0 bridgehead atoms. The van der Waals surface area contributed by atoms with E-state index < -0.39 is 0 Å². The maximum absolute atomic E-state index is 12.5. The van der Waals surface area contributed by atoms with Gasteiger partial charge < -0.3 is 10.1 Å². The quantitative estimate of drug-likeness (QED) is 0.914. The van der Waals surface area contributed by atoms with Crippen LogP contribution in [0.1, 0.15) is 12.5 Å². The van der Waals surface area contributed by atoms with Gasteiger partial charge in [-0.05, 0) is 30.7 Å². The summed E-state index contributed by atoms with van der Waals surface area (Å²) < 4.78 is 5.75. The largest absolute Gasteiger partial charge is 0.487 e. The van der Waals surface area contributed by atoms with Crippen molar-refractivity contribution >= 4 is 23.3 Å². The van der Waals surface area contributed by atoms with Crippen LogP contribution < -0.4 is 15.0 Å². The van der Waals surface area contributed by atoms with Crippen LogP contribution in [0.2, 0.25) is 5.02 Å². The molecule has 0 aliphatic carbocycles. The minimum Gasteiger partial charge on any atom is -0.487 e. The summed E-state index contributed by atoms with van der Waals surface area (Å²) in [6, 6.07) is 15.0. The second-order valence-electron chi connectivity index (χ2n) is 5.30. The molecule has 22 heavy (non-hydrogen) atoms. The Morgan fingerprint density at radius 1 is 1.32 bits per heavy atom. The number of hydrogen-bond acceptors (Lipinski definition) is 2. The van der Waals surface area contributed by atoms with Crippen LogP contribution in [0.4, 0.5) is 10.5 Å². The molecule has 1 atom stereocenters. The Hall–Kier alpha value is -2.20. The van der Waals surface area contributed by atoms with E-state index in [0.29, 0.717) is 29.5 Å². The molecule has 0 radical (unpaired) electrons. The van der Waals surface area contributed by atoms with E-state index in [1.54, 1.807) is 23.1 Å². The highest BCUT2D eigenvalue weighted by molar-refractivity contribution is 6.31. The van der Waals surface area contributed by atoms with Crippen LogP contribution in [-0.2, 0) is 6.54 Å². The topological polar surface area (TPSA) is 41.6 Å². The normalized spacial score (nSPS) is 16.6. The number of fused-ring (bicyclic) bond motifs is 1. The molecule has 1 aliphatic heterocycles. The lowest BCUT2D eigenvalue weighted by molar-refractivity contribution is 0.205. The van der Waals surface area contributed by atoms with Gasteiger partial charge in [-0.15, -0.1) is 0 Å². The maximum Gasteiger partial charge on any atom is 0.322 e. The predicted octanol–water partition coefficient (Wildman–Crippen LogP) is 3.84. The molecule has 1 N–H and O–H groups in total. The third-order valence-corrected chi connectivity index (χ3v) is 3.75. The monoisotopic (exact) mass is 316 g/mol. The van der Waals surface area contributed by atoms with Crippen LogP contribution in [0.5, 0.6) is 5.75 Å². The van der Waals surface area contributed by atoms with E-state index in [2.05, 4.69) is 5.32 Å². The smallest absolute Gasteiger partial charge is 0.322 e. The molecule has 1 aliphatic rings. The van der Waals surface area contributed by atoms with Crippen molar-refractivity contribution in [2.45, 2.75) is 19.6 Å². The lowest BCUT2D eigenvalue weighted by Crippen LogP contribution is -2.47. The zero-order valence-corrected chi connectivity index (χ0v) is 13.0. The molecule has 5 heteroatoms. The number of amides is 2. The molecule has 2 amide bonds. The van der Waals surface area contributed by atoms with Gasteiger partial charge >= 0.3 is 6.03 Å². The predicted molar refractivity (Wildman–Crippen MR) is 87.6 cm³/mol. The molecule has 2 aromatic rings. The fourth-order valence-corrected chi connectivity index (χ4v) is 2.64. The molecule has 0 aromatic heterocycles. The van der Waals surface area contributed by atoms with Gasteiger partial charge in [-0.1, -0.05) is 41.9 Å². The van der Waals surface area contributed by atoms with Crippen molar-refractivity contribution < 1.29 is 9.53 Å². The van der Waals surface area contributed by atoms with Crippen LogP contribution in [0.3, 0.4) is 0 Å². The van der Waals surface area contributed by atoms with Crippen molar-refractivity contribution in [3.63, 3.8) is 0 Å². The SMILES string of the molecule is CC1CN(C(=O)NCc2ccccc2)c2cc(Cl)ccc2O1. The van der Waals surface area contributed by atoms with Crippen molar-refractivity contribution in [2.24, 2.45) is 0 Å². The summed E-state index contributed by atoms with van der Waals surface area (Å²) in [6.45, 7) is 2.92. The zero-order chi connectivity index (χ0) is 15.5. The number of rotatable bonds is 2. The average molecular weight is 317 g/mol. The first-order chi connectivity index (χ1) is 10.6. The molecule has 0 saturated carbocycles. The minimum absolute atomic E-state index is 0.0591. The summed E-state index contributed by atoms with van der Waals surface area (Å²) in [4.78, 5) is 14.2. The zero-order valence-electron chi connectivity index (χ0n) is 12.3. The summed E-state index contributed by atoms with van der Waals surface area (Å²) >= 11 is 6.04. The van der Waals surface area contributed by atoms with Gasteiger partial charge in [0.2, 0.25) is 0 Å². The van der Waals surface area contributed by atoms with Gasteiger partial charge in [0.1, 0.15) is 11.9 Å². The van der Waals surface area contributed by atoms with Gasteiger partial charge in [0.15, 0.2) is 0 Å². The van der Waals surface area contributed by atoms with Crippen LogP contribution in [0, 0.1) is 0 Å². The highest BCUT2D eigenvalue weighted by Gasteiger charge is 2.27. The van der Waals surface area contributed by atoms with Crippen LogP contribution >= 0.6 is 11.6 Å². The van der Waals surface area contributed by atoms with Crippen molar-refractivity contribution in [1.82, 2.24) is 5.32 Å². The third kappa shape index (κ3) is 3.17. The molecule has 1 unspecified atom stereocenters. The standard InChI is InChI=1S/C17H17ClN2O2/c1-12-11-20(15-9-14(18)7-8-16(15)22-12)17(21)19-10-13-5-3-2-4-6-13/h2-9,12H,10-11H2,1H3,(H,19,21). The second-order valence-corrected chi connectivity index (χ2v) is 5.73. The molecular weight excluding hydrogens is 300 g/mol. The molecule has 0 fully saturated rings. The molecule has 0 spiro atoms. The number of halogens is 1. The van der Waals surface area contributed by atoms with Crippen LogP contribution in [0.25, 0.3) is 0 Å². The van der Waals surface area contributed by atoms with E-state index in [9.17, 15) is 4.79 Å². The van der Waals surface area contributed by atoms with E-state index in [-0.39, 0.29) is 12.1 Å². The Labute approximate surface area is 134 Å². The summed E-state index contributed by atoms with van der Waals surface area (Å²) in [5.74, 6) is 0.679. The lowest BCUT2D eigenvalue weighted by atomic mass is 10.2. The van der Waals surface area contributed by atoms with Crippen LogP contribution in [-0.4, -0.2) is 18.7 Å². The van der Waals surface area contributed by atoms with Gasteiger partial charge in [0.05, 0.1) is 12.2 Å². The fraction of sp³-hybridized carbons (Fsp3) is 0.235. The first-order valence-electron chi connectivity index (χ1n) is 7.19. The minimum atomic E-state index is -0.150. The highest BCUT2D eigenvalue weighted by Crippen LogP contribution is 2.35. The Kier molecular flexibility index (Phi) is 4.20. The maximum atomic E-state index is 12.5. The molecule has 0 saturated heterocycles. The summed E-state index contributed by atoms with van der Waals surface area (Å²) in [7, 11) is 0. The van der Waals surface area contributed by atoms with Gasteiger partial charge in [-0.25, -0.2) is 4.79 Å². The Balaban J connectivity index is 1.76. The number of carbonyl (C=O) groups excluding carboxylic acids is 1. The molecule has 114 valence electrons. The summed E-state index contributed by atoms with van der Waals surface area (Å²) in [5.41, 5.74) is 1.76. The van der Waals surface area contributed by atoms with Gasteiger partial charge in [-0.2, -0.15) is 0 Å². The van der Waals surface area contributed by atoms with Gasteiger partial charge in [0.25, 0.3) is 0 Å². The molecular formula is C17H17ClN2O2. The number of nitrogens with zero attached hydrogens (tertiary/aromatic N) is 1. The van der Waals surface area contributed by atoms with Crippen LogP contribution in [0.15, 0.2) is 48.5 Å². The number of carbonyl (C=O) groups is 1. The number of hydrogen-bond donors (Lipinski definition) is 1. The molecule has 2 aromatic carbocycles. The number of nitrogens with one attached hydrogen (secondary N) is 1. The Morgan fingerprint density at radius 2 is 2.09 bits per heavy atom. The lowest BCUT2D eigenvalue weighted by Gasteiger charge is -2.33. The van der Waals surface area contributed by atoms with E-state index in [4.69, 9.17) is 16.3 Å². The highest BCUT2D eigenvalue weighted by atomic mass is 35.5. The fourth-order valence-electron chi connectivity index (χ4n) is 2.47. The van der Waals surface area contributed by atoms with Gasteiger partial charge in [-0.3, -0.25) is 4.90 Å². The molecule has 4 nitrogen and oxygen atoms in total. The number of urea groups is 1. The van der Waals surface area contributed by atoms with Crippen molar-refractivity contribution in [2.75, 3.05) is 11.4 Å². The van der Waals surface area contributed by atoms with Crippen molar-refractivity contribution in [3.8, 4) is 5.75 Å². The first-order valence-corrected chi connectivity index (χ1v) is 7.57. The van der Waals surface area contributed by atoms with Gasteiger partial charge in [0, 0.05) is 11.6 Å². The molecule has 3 rings (SSSR count). The van der Waals surface area contributed by atoms with Crippen molar-refractivity contribution in [1.29, 1.82) is 0 Å². The summed E-state index contributed by atoms with van der Waals surface area (Å²) in [6.07, 6.45) is -0.0591. The van der Waals surface area contributed by atoms with E-state index >= 15 is 0 Å². The van der Waals surface area contributed by atoms with E-state index in [1.165, 1.54) is 0 Å². The average Bonchev–Trinajstić information content (AvgIpc) is 2.53. The molecule has 1 heterocycles. The number of anilines is 1. The van der Waals surface area contributed by atoms with E-state index in [1.807, 2.05) is 37.3 Å². The Bertz CT molecular complexity index is 676. The Morgan fingerprint density at radius 3 is 2.86 bits per heavy atom. The van der Waals surface area contributed by atoms with Crippen molar-refractivity contribution in [3.05, 3.63) is 59.1 Å². The van der Waals surface area contributed by atoms with E-state index in [0.717, 1.165) is 5.56 Å². The number of benzene rings is 2. The number of ether oxygens (including phenoxy) is 1. The second kappa shape index (κ2) is 6.28. The first kappa shape index (κ1) is 14.7. The third-order valence-electron chi connectivity index (χ3n) is 3.51. The summed E-state index contributed by atoms with van der Waals surface area (Å²) in [5, 5.41) is 3.52.